The Morgan fingerprint density at radius 2 is 2.18 bits per heavy atom. The zero-order chi connectivity index (χ0) is 8.27. The molecule has 0 saturated carbocycles. The molecule has 0 aromatic heterocycles. The minimum absolute atomic E-state index is 0.537. The van der Waals surface area contributed by atoms with Crippen molar-refractivity contribution in [3.05, 3.63) is 35.0 Å². The number of nitrogen functional groups attached to an aromatic ring is 1. The lowest BCUT2D eigenvalue weighted by atomic mass is 10.2. The molecule has 0 spiro atoms. The van der Waals surface area contributed by atoms with Crippen LogP contribution in [0.5, 0.6) is 0 Å². The standard InChI is InChI=1S/C8H8ClNO/c9-7-2-1-3-8(10)6(7)4-5-11/h1-5,11H,10H2/b5-4-. The topological polar surface area (TPSA) is 46.2 Å². The van der Waals surface area contributed by atoms with Gasteiger partial charge in [0.05, 0.1) is 6.26 Å². The Hall–Kier alpha value is -1.15. The maximum Gasteiger partial charge on any atom is 0.0798 e. The molecule has 0 unspecified atom stereocenters. The van der Waals surface area contributed by atoms with E-state index in [1.165, 1.54) is 6.08 Å². The highest BCUT2D eigenvalue weighted by Gasteiger charge is 1.98. The lowest BCUT2D eigenvalue weighted by molar-refractivity contribution is 0.478. The number of hydrogen-bond acceptors (Lipinski definition) is 2. The lowest BCUT2D eigenvalue weighted by Crippen LogP contribution is -1.88. The van der Waals surface area contributed by atoms with Crippen molar-refractivity contribution in [2.75, 3.05) is 5.73 Å². The first kappa shape index (κ1) is 7.95. The molecule has 0 aliphatic carbocycles. The number of nitrogens with two attached hydrogens (primary N) is 1. The highest BCUT2D eigenvalue weighted by molar-refractivity contribution is 6.32. The molecule has 0 fully saturated rings. The third-order valence-electron chi connectivity index (χ3n) is 1.33. The summed E-state index contributed by atoms with van der Waals surface area (Å²) in [5.74, 6) is 0. The van der Waals surface area contributed by atoms with Gasteiger partial charge in [0.2, 0.25) is 0 Å². The minimum atomic E-state index is 0.537. The van der Waals surface area contributed by atoms with Gasteiger partial charge in [-0.2, -0.15) is 0 Å². The number of rotatable bonds is 1. The Bertz CT molecular complexity index is 263. The summed E-state index contributed by atoms with van der Waals surface area (Å²) in [6.45, 7) is 0. The molecule has 0 atom stereocenters. The van der Waals surface area contributed by atoms with Crippen molar-refractivity contribution in [3.63, 3.8) is 0 Å². The van der Waals surface area contributed by atoms with E-state index in [1.54, 1.807) is 18.2 Å². The van der Waals surface area contributed by atoms with E-state index in [-0.39, 0.29) is 0 Å². The second-order valence-electron chi connectivity index (χ2n) is 2.06. The van der Waals surface area contributed by atoms with Gasteiger partial charge in [-0.05, 0) is 18.2 Å². The van der Waals surface area contributed by atoms with Crippen molar-refractivity contribution in [1.82, 2.24) is 0 Å². The highest BCUT2D eigenvalue weighted by Crippen LogP contribution is 2.22. The molecule has 1 rings (SSSR count). The Morgan fingerprint density at radius 3 is 2.73 bits per heavy atom. The van der Waals surface area contributed by atoms with E-state index in [4.69, 9.17) is 22.4 Å². The number of halogens is 1. The molecular weight excluding hydrogens is 162 g/mol. The van der Waals surface area contributed by atoms with Crippen LogP contribution in [0.1, 0.15) is 5.56 Å². The molecule has 0 aliphatic heterocycles. The van der Waals surface area contributed by atoms with Crippen molar-refractivity contribution in [1.29, 1.82) is 0 Å². The number of aliphatic hydroxyl groups excluding tert-OH is 1. The molecule has 58 valence electrons. The lowest BCUT2D eigenvalue weighted by Gasteiger charge is -2.00. The molecule has 0 amide bonds. The molecule has 11 heavy (non-hydrogen) atoms. The van der Waals surface area contributed by atoms with Gasteiger partial charge in [0.15, 0.2) is 0 Å². The summed E-state index contributed by atoms with van der Waals surface area (Å²) in [7, 11) is 0. The van der Waals surface area contributed by atoms with Crippen LogP contribution in [0.2, 0.25) is 5.02 Å². The van der Waals surface area contributed by atoms with Gasteiger partial charge >= 0.3 is 0 Å². The zero-order valence-electron chi connectivity index (χ0n) is 5.79. The van der Waals surface area contributed by atoms with Crippen molar-refractivity contribution in [2.24, 2.45) is 0 Å². The Morgan fingerprint density at radius 1 is 1.45 bits per heavy atom. The van der Waals surface area contributed by atoms with Crippen molar-refractivity contribution < 1.29 is 5.11 Å². The van der Waals surface area contributed by atoms with E-state index in [9.17, 15) is 0 Å². The predicted molar refractivity (Wildman–Crippen MR) is 47.5 cm³/mol. The van der Waals surface area contributed by atoms with Crippen LogP contribution >= 0.6 is 11.6 Å². The van der Waals surface area contributed by atoms with Gasteiger partial charge in [0, 0.05) is 16.3 Å². The first-order valence-corrected chi connectivity index (χ1v) is 3.48. The monoisotopic (exact) mass is 169 g/mol. The van der Waals surface area contributed by atoms with Gasteiger partial charge < -0.3 is 10.8 Å². The molecule has 1 aromatic carbocycles. The fourth-order valence-corrected chi connectivity index (χ4v) is 1.05. The Balaban J connectivity index is 3.20. The number of hydrogen-bond donors (Lipinski definition) is 2. The molecule has 0 heterocycles. The van der Waals surface area contributed by atoms with Crippen LogP contribution in [0.25, 0.3) is 6.08 Å². The number of aliphatic hydroxyl groups is 1. The van der Waals surface area contributed by atoms with E-state index < -0.39 is 0 Å². The van der Waals surface area contributed by atoms with Crippen molar-refractivity contribution in [3.8, 4) is 0 Å². The summed E-state index contributed by atoms with van der Waals surface area (Å²) in [5.41, 5.74) is 6.77. The quantitative estimate of drug-likeness (QED) is 0.501. The molecule has 1 aromatic rings. The van der Waals surface area contributed by atoms with Crippen LogP contribution < -0.4 is 5.73 Å². The van der Waals surface area contributed by atoms with Crippen LogP contribution in [0.4, 0.5) is 5.69 Å². The molecule has 0 radical (unpaired) electrons. The summed E-state index contributed by atoms with van der Waals surface area (Å²) in [6, 6.07) is 5.20. The third-order valence-corrected chi connectivity index (χ3v) is 1.66. The SMILES string of the molecule is Nc1cccc(Cl)c1/C=C\O. The van der Waals surface area contributed by atoms with Crippen LogP contribution in [-0.2, 0) is 0 Å². The highest BCUT2D eigenvalue weighted by atomic mass is 35.5. The first-order valence-electron chi connectivity index (χ1n) is 3.10. The minimum Gasteiger partial charge on any atom is -0.516 e. The van der Waals surface area contributed by atoms with Gasteiger partial charge in [-0.25, -0.2) is 0 Å². The maximum atomic E-state index is 8.47. The van der Waals surface area contributed by atoms with Crippen molar-refractivity contribution in [2.45, 2.75) is 0 Å². The van der Waals surface area contributed by atoms with Gasteiger partial charge in [0.1, 0.15) is 0 Å². The fraction of sp³-hybridized carbons (Fsp3) is 0. The zero-order valence-corrected chi connectivity index (χ0v) is 6.55. The molecule has 0 saturated heterocycles. The second-order valence-corrected chi connectivity index (χ2v) is 2.47. The molecule has 0 aliphatic rings. The van der Waals surface area contributed by atoms with E-state index in [2.05, 4.69) is 0 Å². The Kier molecular flexibility index (Phi) is 2.39. The van der Waals surface area contributed by atoms with E-state index >= 15 is 0 Å². The van der Waals surface area contributed by atoms with E-state index in [0.717, 1.165) is 6.26 Å². The summed E-state index contributed by atoms with van der Waals surface area (Å²) < 4.78 is 0. The van der Waals surface area contributed by atoms with Crippen molar-refractivity contribution >= 4 is 23.4 Å². The van der Waals surface area contributed by atoms with Gasteiger partial charge in [-0.1, -0.05) is 17.7 Å². The van der Waals surface area contributed by atoms with Crippen LogP contribution in [0.15, 0.2) is 24.5 Å². The summed E-state index contributed by atoms with van der Waals surface area (Å²) in [5, 5.41) is 9.01. The molecule has 0 bridgehead atoms. The smallest absolute Gasteiger partial charge is 0.0798 e. The maximum absolute atomic E-state index is 8.47. The third kappa shape index (κ3) is 1.65. The predicted octanol–water partition coefficient (Wildman–Crippen LogP) is 2.45. The van der Waals surface area contributed by atoms with E-state index in [0.29, 0.717) is 16.3 Å². The van der Waals surface area contributed by atoms with Crippen LogP contribution in [0, 0.1) is 0 Å². The van der Waals surface area contributed by atoms with Crippen LogP contribution in [-0.4, -0.2) is 5.11 Å². The van der Waals surface area contributed by atoms with Gasteiger partial charge in [0.25, 0.3) is 0 Å². The largest absolute Gasteiger partial charge is 0.516 e. The Labute approximate surface area is 69.9 Å². The van der Waals surface area contributed by atoms with E-state index in [1.807, 2.05) is 0 Å². The summed E-state index contributed by atoms with van der Waals surface area (Å²) in [6.07, 6.45) is 2.37. The van der Waals surface area contributed by atoms with Crippen LogP contribution in [0.3, 0.4) is 0 Å². The number of anilines is 1. The molecule has 3 heteroatoms. The second kappa shape index (κ2) is 3.30. The molecule has 3 N–H and O–H groups in total. The normalized spacial score (nSPS) is 10.6. The average Bonchev–Trinajstić information content (AvgIpc) is 1.97. The fourth-order valence-electron chi connectivity index (χ4n) is 0.804. The van der Waals surface area contributed by atoms with Gasteiger partial charge in [-0.15, -0.1) is 0 Å². The average molecular weight is 170 g/mol. The molecular formula is C8H8ClNO. The summed E-state index contributed by atoms with van der Waals surface area (Å²) >= 11 is 5.77. The summed E-state index contributed by atoms with van der Waals surface area (Å²) in [4.78, 5) is 0. The van der Waals surface area contributed by atoms with Gasteiger partial charge in [-0.3, -0.25) is 0 Å². The number of benzene rings is 1. The molecule has 2 nitrogen and oxygen atoms in total. The first-order chi connectivity index (χ1) is 5.25.